The van der Waals surface area contributed by atoms with E-state index in [9.17, 15) is 0 Å². The summed E-state index contributed by atoms with van der Waals surface area (Å²) >= 11 is 0. The third-order valence-corrected chi connectivity index (χ3v) is 4.21. The number of hydrogen-bond acceptors (Lipinski definition) is 3. The number of nitrogens with zero attached hydrogens (tertiary/aromatic N) is 2. The molecule has 0 unspecified atom stereocenters. The van der Waals surface area contributed by atoms with E-state index in [1.54, 1.807) is 0 Å². The minimum Gasteiger partial charge on any atom is -0.396 e. The normalized spacial score (nSPS) is 23.3. The molecule has 1 aromatic carbocycles. The second-order valence-electron chi connectivity index (χ2n) is 5.58. The summed E-state index contributed by atoms with van der Waals surface area (Å²) < 4.78 is 0. The molecule has 1 saturated carbocycles. The number of aliphatic hydroxyl groups is 1. The minimum absolute atomic E-state index is 0.339. The van der Waals surface area contributed by atoms with E-state index < -0.39 is 0 Å². The molecule has 102 valence electrons. The first-order chi connectivity index (χ1) is 9.22. The lowest BCUT2D eigenvalue weighted by Gasteiger charge is -2.34. The zero-order chi connectivity index (χ0) is 13.7. The van der Waals surface area contributed by atoms with Crippen LogP contribution in [0.4, 0.5) is 0 Å². The summed E-state index contributed by atoms with van der Waals surface area (Å²) in [5, 5.41) is 17.9. The average Bonchev–Trinajstić information content (AvgIpc) is 2.48. The molecule has 0 saturated heterocycles. The SMILES string of the molecule is CN(Cc1ccc(C#N)cc1)C1CCC(CO)CC1. The van der Waals surface area contributed by atoms with E-state index in [2.05, 4.69) is 18.0 Å². The topological polar surface area (TPSA) is 47.3 Å². The third-order valence-electron chi connectivity index (χ3n) is 4.21. The zero-order valence-corrected chi connectivity index (χ0v) is 11.5. The average molecular weight is 258 g/mol. The van der Waals surface area contributed by atoms with Gasteiger partial charge in [-0.05, 0) is 56.3 Å². The molecule has 0 spiro atoms. The number of rotatable bonds is 4. The second-order valence-corrected chi connectivity index (χ2v) is 5.58. The highest BCUT2D eigenvalue weighted by atomic mass is 16.3. The van der Waals surface area contributed by atoms with Crippen LogP contribution in [0.3, 0.4) is 0 Å². The van der Waals surface area contributed by atoms with Gasteiger partial charge in [-0.2, -0.15) is 5.26 Å². The summed E-state index contributed by atoms with van der Waals surface area (Å²) in [6.45, 7) is 1.27. The van der Waals surface area contributed by atoms with Gasteiger partial charge < -0.3 is 5.11 Å². The van der Waals surface area contributed by atoms with Gasteiger partial charge in [-0.15, -0.1) is 0 Å². The molecule has 1 N–H and O–H groups in total. The lowest BCUT2D eigenvalue weighted by atomic mass is 9.86. The van der Waals surface area contributed by atoms with Crippen molar-refractivity contribution in [2.75, 3.05) is 13.7 Å². The van der Waals surface area contributed by atoms with Crippen molar-refractivity contribution in [1.82, 2.24) is 4.90 Å². The first-order valence-electron chi connectivity index (χ1n) is 7.03. The number of nitriles is 1. The summed E-state index contributed by atoms with van der Waals surface area (Å²) in [6.07, 6.45) is 4.63. The predicted octanol–water partition coefficient (Wildman–Crippen LogP) is 2.54. The molecule has 1 aliphatic rings. The second kappa shape index (κ2) is 6.70. The van der Waals surface area contributed by atoms with E-state index in [4.69, 9.17) is 10.4 Å². The van der Waals surface area contributed by atoms with Crippen LogP contribution in [0.2, 0.25) is 0 Å². The molecule has 0 bridgehead atoms. The van der Waals surface area contributed by atoms with Crippen molar-refractivity contribution in [3.8, 4) is 6.07 Å². The summed E-state index contributed by atoms with van der Waals surface area (Å²) in [5.41, 5.74) is 1.97. The number of hydrogen-bond donors (Lipinski definition) is 1. The Morgan fingerprint density at radius 2 is 1.84 bits per heavy atom. The highest BCUT2D eigenvalue weighted by molar-refractivity contribution is 5.31. The van der Waals surface area contributed by atoms with Crippen molar-refractivity contribution in [3.05, 3.63) is 35.4 Å². The van der Waals surface area contributed by atoms with E-state index in [-0.39, 0.29) is 0 Å². The smallest absolute Gasteiger partial charge is 0.0991 e. The Morgan fingerprint density at radius 3 is 2.37 bits per heavy atom. The van der Waals surface area contributed by atoms with Crippen LogP contribution < -0.4 is 0 Å². The van der Waals surface area contributed by atoms with Crippen molar-refractivity contribution in [1.29, 1.82) is 5.26 Å². The predicted molar refractivity (Wildman–Crippen MR) is 75.5 cm³/mol. The van der Waals surface area contributed by atoms with Gasteiger partial charge in [-0.1, -0.05) is 12.1 Å². The van der Waals surface area contributed by atoms with Gasteiger partial charge in [0.25, 0.3) is 0 Å². The highest BCUT2D eigenvalue weighted by Crippen LogP contribution is 2.27. The fraction of sp³-hybridized carbons (Fsp3) is 0.562. The van der Waals surface area contributed by atoms with Crippen LogP contribution in [0.15, 0.2) is 24.3 Å². The van der Waals surface area contributed by atoms with Gasteiger partial charge in [0, 0.05) is 19.2 Å². The Morgan fingerprint density at radius 1 is 1.21 bits per heavy atom. The molecule has 0 aromatic heterocycles. The minimum atomic E-state index is 0.339. The van der Waals surface area contributed by atoms with Gasteiger partial charge in [0.05, 0.1) is 11.6 Å². The van der Waals surface area contributed by atoms with Crippen molar-refractivity contribution >= 4 is 0 Å². The van der Waals surface area contributed by atoms with Gasteiger partial charge in [0.15, 0.2) is 0 Å². The highest BCUT2D eigenvalue weighted by Gasteiger charge is 2.23. The summed E-state index contributed by atoms with van der Waals surface area (Å²) in [5.74, 6) is 0.513. The van der Waals surface area contributed by atoms with Gasteiger partial charge >= 0.3 is 0 Å². The fourth-order valence-electron chi connectivity index (χ4n) is 2.87. The van der Waals surface area contributed by atoms with Crippen molar-refractivity contribution in [2.45, 2.75) is 38.3 Å². The largest absolute Gasteiger partial charge is 0.396 e. The lowest BCUT2D eigenvalue weighted by molar-refractivity contribution is 0.124. The van der Waals surface area contributed by atoms with E-state index in [1.807, 2.05) is 24.3 Å². The molecule has 3 nitrogen and oxygen atoms in total. The van der Waals surface area contributed by atoms with Gasteiger partial charge in [-0.25, -0.2) is 0 Å². The molecule has 1 fully saturated rings. The quantitative estimate of drug-likeness (QED) is 0.902. The fourth-order valence-corrected chi connectivity index (χ4v) is 2.87. The molecule has 2 rings (SSSR count). The molecule has 0 radical (unpaired) electrons. The monoisotopic (exact) mass is 258 g/mol. The van der Waals surface area contributed by atoms with Crippen LogP contribution in [0.5, 0.6) is 0 Å². The van der Waals surface area contributed by atoms with Crippen LogP contribution in [0, 0.1) is 17.2 Å². The van der Waals surface area contributed by atoms with Crippen LogP contribution in [0.25, 0.3) is 0 Å². The molecular weight excluding hydrogens is 236 g/mol. The van der Waals surface area contributed by atoms with Crippen LogP contribution in [-0.4, -0.2) is 29.7 Å². The van der Waals surface area contributed by atoms with E-state index >= 15 is 0 Å². The standard InChI is InChI=1S/C16H22N2O/c1-18(16-8-6-15(12-19)7-9-16)11-14-4-2-13(10-17)3-5-14/h2-5,15-16,19H,6-9,11-12H2,1H3. The molecule has 19 heavy (non-hydrogen) atoms. The maximum atomic E-state index is 9.16. The Balaban J connectivity index is 1.87. The van der Waals surface area contributed by atoms with Crippen LogP contribution in [0.1, 0.15) is 36.8 Å². The molecule has 1 aliphatic carbocycles. The van der Waals surface area contributed by atoms with E-state index in [0.717, 1.165) is 24.9 Å². The molecule has 0 aliphatic heterocycles. The molecule has 0 heterocycles. The van der Waals surface area contributed by atoms with Gasteiger partial charge in [0.2, 0.25) is 0 Å². The summed E-state index contributed by atoms with van der Waals surface area (Å²) in [4.78, 5) is 2.40. The Labute approximate surface area is 115 Å². The third kappa shape index (κ3) is 3.79. The Kier molecular flexibility index (Phi) is 4.95. The number of benzene rings is 1. The Bertz CT molecular complexity index is 427. The Hall–Kier alpha value is -1.37. The van der Waals surface area contributed by atoms with Crippen LogP contribution >= 0.6 is 0 Å². The van der Waals surface area contributed by atoms with Crippen molar-refractivity contribution < 1.29 is 5.11 Å². The zero-order valence-electron chi connectivity index (χ0n) is 11.5. The van der Waals surface area contributed by atoms with E-state index in [0.29, 0.717) is 18.6 Å². The lowest BCUT2D eigenvalue weighted by Crippen LogP contribution is -2.35. The first kappa shape index (κ1) is 14.0. The maximum absolute atomic E-state index is 9.16. The van der Waals surface area contributed by atoms with Crippen molar-refractivity contribution in [2.24, 2.45) is 5.92 Å². The molecule has 0 atom stereocenters. The molecule has 3 heteroatoms. The summed E-state index contributed by atoms with van der Waals surface area (Å²) in [6, 6.07) is 10.6. The van der Waals surface area contributed by atoms with Crippen LogP contribution in [-0.2, 0) is 6.54 Å². The molecule has 0 amide bonds. The van der Waals surface area contributed by atoms with Crippen molar-refractivity contribution in [3.63, 3.8) is 0 Å². The first-order valence-corrected chi connectivity index (χ1v) is 7.03. The maximum Gasteiger partial charge on any atom is 0.0991 e. The summed E-state index contributed by atoms with van der Waals surface area (Å²) in [7, 11) is 2.17. The number of aliphatic hydroxyl groups excluding tert-OH is 1. The van der Waals surface area contributed by atoms with Gasteiger partial charge in [-0.3, -0.25) is 4.90 Å². The van der Waals surface area contributed by atoms with E-state index in [1.165, 1.54) is 18.4 Å². The molecular formula is C16H22N2O. The molecule has 1 aromatic rings. The van der Waals surface area contributed by atoms with Gasteiger partial charge in [0.1, 0.15) is 0 Å².